The van der Waals surface area contributed by atoms with Gasteiger partial charge in [-0.2, -0.15) is 0 Å². The average molecular weight is 607 g/mol. The third-order valence-electron chi connectivity index (χ3n) is 7.31. The number of hydrogen-bond donors (Lipinski definition) is 0. The van der Waals surface area contributed by atoms with Crippen LogP contribution in [0.5, 0.6) is 0 Å². The van der Waals surface area contributed by atoms with E-state index < -0.39 is 20.1 Å². The third kappa shape index (κ3) is 4.27. The molecule has 0 spiro atoms. The van der Waals surface area contributed by atoms with Crippen LogP contribution in [0.3, 0.4) is 0 Å². The van der Waals surface area contributed by atoms with E-state index in [1.54, 1.807) is 16.7 Å². The summed E-state index contributed by atoms with van der Waals surface area (Å²) in [5.74, 6) is 0. The van der Waals surface area contributed by atoms with Gasteiger partial charge in [-0.15, -0.1) is 0 Å². The molecule has 0 heterocycles. The van der Waals surface area contributed by atoms with Crippen LogP contribution >= 0.6 is 0 Å². The third-order valence-corrected chi connectivity index (χ3v) is 33.4. The van der Waals surface area contributed by atoms with Crippen molar-refractivity contribution in [1.29, 1.82) is 0 Å². The predicted octanol–water partition coefficient (Wildman–Crippen LogP) is 8.84. The molecule has 0 nitrogen and oxygen atoms in total. The molecular weight excluding hydrogens is 567 g/mol. The predicted molar refractivity (Wildman–Crippen MR) is 140 cm³/mol. The Morgan fingerprint density at radius 3 is 1.75 bits per heavy atom. The summed E-state index contributed by atoms with van der Waals surface area (Å²) in [6.45, 7) is 21.8. The van der Waals surface area contributed by atoms with Crippen molar-refractivity contribution in [3.05, 3.63) is 79.7 Å². The first-order valence-corrected chi connectivity index (χ1v) is 24.0. The van der Waals surface area contributed by atoms with Crippen LogP contribution < -0.4 is 0 Å². The van der Waals surface area contributed by atoms with Gasteiger partial charge in [0.2, 0.25) is 0 Å². The van der Waals surface area contributed by atoms with E-state index in [4.69, 9.17) is 0 Å². The Labute approximate surface area is 204 Å². The maximum atomic E-state index is 2.63. The van der Waals surface area contributed by atoms with Gasteiger partial charge in [0, 0.05) is 0 Å². The number of fused-ring (bicyclic) bond motifs is 3. The van der Waals surface area contributed by atoms with Crippen molar-refractivity contribution in [1.82, 2.24) is 0 Å². The minimum atomic E-state index is -2.17. The second kappa shape index (κ2) is 8.66. The number of hydrogen-bond acceptors (Lipinski definition) is 0. The molecule has 0 aromatic heterocycles. The van der Waals surface area contributed by atoms with Crippen LogP contribution in [0.4, 0.5) is 0 Å². The Balaban J connectivity index is 2.02. The van der Waals surface area contributed by atoms with E-state index in [0.29, 0.717) is 3.67 Å². The van der Waals surface area contributed by atoms with E-state index in [-0.39, 0.29) is 16.3 Å². The molecule has 0 amide bonds. The molecule has 2 aromatic carbocycles. The summed E-state index contributed by atoms with van der Waals surface area (Å²) in [6, 6.07) is 14.9. The maximum absolute atomic E-state index is 2.63. The first-order valence-electron chi connectivity index (χ1n) is 12.3. The molecule has 2 aliphatic rings. The van der Waals surface area contributed by atoms with Crippen LogP contribution in [0.1, 0.15) is 87.2 Å². The molecule has 168 valence electrons. The van der Waals surface area contributed by atoms with Gasteiger partial charge in [-0.3, -0.25) is 0 Å². The van der Waals surface area contributed by atoms with E-state index in [1.165, 1.54) is 35.1 Å². The van der Waals surface area contributed by atoms with Crippen LogP contribution in [0.25, 0.3) is 11.1 Å². The Morgan fingerprint density at radius 2 is 1.34 bits per heavy atom. The topological polar surface area (TPSA) is 0 Å². The second-order valence-electron chi connectivity index (χ2n) is 11.9. The van der Waals surface area contributed by atoms with Crippen LogP contribution in [0.15, 0.2) is 57.5 Å². The molecule has 0 atom stereocenters. The zero-order valence-corrected chi connectivity index (χ0v) is 26.2. The first-order chi connectivity index (χ1) is 14.9. The van der Waals surface area contributed by atoms with Gasteiger partial charge in [-0.1, -0.05) is 0 Å². The van der Waals surface area contributed by atoms with Gasteiger partial charge in [-0.25, -0.2) is 0 Å². The van der Waals surface area contributed by atoms with Gasteiger partial charge in [-0.05, 0) is 0 Å². The Morgan fingerprint density at radius 1 is 0.844 bits per heavy atom. The molecule has 0 saturated heterocycles. The molecule has 0 N–H and O–H groups in total. The van der Waals surface area contributed by atoms with E-state index in [0.717, 1.165) is 0 Å². The number of allylic oxidation sites excluding steroid dienone is 4. The van der Waals surface area contributed by atoms with Crippen molar-refractivity contribution in [2.45, 2.75) is 88.9 Å². The first kappa shape index (κ1) is 24.1. The van der Waals surface area contributed by atoms with E-state index >= 15 is 0 Å². The standard InChI is InChI=1S/C21H25.C7H9.C2H6Si.Hf/c1-20(2,3)16-7-9-18-14(12-16)11-15-13-17(21(4,5)6)8-10-19(15)18;1-2-7-5-3-4-6-7;1-3-2;/h7-13H,1-6H3;3,5H,2,4H2,1H3;1-2H3;. The van der Waals surface area contributed by atoms with Gasteiger partial charge in [0.05, 0.1) is 0 Å². The molecule has 0 fully saturated rings. The zero-order valence-electron chi connectivity index (χ0n) is 21.6. The van der Waals surface area contributed by atoms with Crippen LogP contribution in [0.2, 0.25) is 13.1 Å². The van der Waals surface area contributed by atoms with E-state index in [9.17, 15) is 0 Å². The summed E-state index contributed by atoms with van der Waals surface area (Å²) < 4.78 is 2.62. The summed E-state index contributed by atoms with van der Waals surface area (Å²) in [6.07, 6.45) is 7.35. The normalized spacial score (nSPS) is 15.9. The van der Waals surface area contributed by atoms with Gasteiger partial charge in [0.15, 0.2) is 0 Å². The number of benzene rings is 2. The fraction of sp³-hybridized carbons (Fsp3) is 0.467. The van der Waals surface area contributed by atoms with E-state index in [1.807, 2.05) is 3.33 Å². The summed E-state index contributed by atoms with van der Waals surface area (Å²) in [5, 5.41) is 0. The molecular formula is C30H40HfSi. The van der Waals surface area contributed by atoms with Crippen molar-refractivity contribution < 1.29 is 20.1 Å². The fourth-order valence-corrected chi connectivity index (χ4v) is 32.6. The monoisotopic (exact) mass is 608 g/mol. The van der Waals surface area contributed by atoms with Crippen molar-refractivity contribution in [2.75, 3.05) is 0 Å². The molecule has 0 saturated carbocycles. The van der Waals surface area contributed by atoms with Gasteiger partial charge < -0.3 is 0 Å². The fourth-order valence-electron chi connectivity index (χ4n) is 5.43. The quantitative estimate of drug-likeness (QED) is 0.306. The summed E-state index contributed by atoms with van der Waals surface area (Å²) in [4.78, 5) is 0. The van der Waals surface area contributed by atoms with Crippen LogP contribution in [-0.4, -0.2) is 5.49 Å². The SMILES string of the molecule is CCC1=[C]([Hf]([CH]2c3cc(C(C)(C)C)ccc3-c3ccc(C(C)(C)C)cc32)=[Si](C)C)CC=C1. The molecule has 2 aromatic rings. The summed E-state index contributed by atoms with van der Waals surface area (Å²) >= 11 is -2.17. The second-order valence-corrected chi connectivity index (χ2v) is 36.3. The molecule has 0 bridgehead atoms. The summed E-state index contributed by atoms with van der Waals surface area (Å²) in [5.41, 5.74) is 11.1. The van der Waals surface area contributed by atoms with Gasteiger partial charge in [0.1, 0.15) is 0 Å². The average Bonchev–Trinajstić information content (AvgIpc) is 3.29. The van der Waals surface area contributed by atoms with Gasteiger partial charge in [0.25, 0.3) is 0 Å². The Hall–Kier alpha value is -0.993. The van der Waals surface area contributed by atoms with Crippen LogP contribution in [0, 0.1) is 0 Å². The molecule has 0 unspecified atom stereocenters. The molecule has 4 rings (SSSR count). The minimum absolute atomic E-state index is 0.186. The molecule has 2 heteroatoms. The van der Waals surface area contributed by atoms with Crippen molar-refractivity contribution in [2.24, 2.45) is 0 Å². The Kier molecular flexibility index (Phi) is 6.53. The zero-order chi connectivity index (χ0) is 23.4. The van der Waals surface area contributed by atoms with Crippen LogP contribution in [-0.2, 0) is 30.9 Å². The molecule has 0 radical (unpaired) electrons. The molecule has 32 heavy (non-hydrogen) atoms. The number of rotatable bonds is 3. The molecule has 2 aliphatic carbocycles. The van der Waals surface area contributed by atoms with Gasteiger partial charge >= 0.3 is 205 Å². The van der Waals surface area contributed by atoms with Crippen molar-refractivity contribution in [3.63, 3.8) is 0 Å². The Bertz CT molecular complexity index is 1090. The van der Waals surface area contributed by atoms with Crippen molar-refractivity contribution in [3.8, 4) is 11.1 Å². The summed E-state index contributed by atoms with van der Waals surface area (Å²) in [7, 11) is 0. The van der Waals surface area contributed by atoms with Crippen molar-refractivity contribution >= 4 is 5.49 Å². The molecule has 0 aliphatic heterocycles. The van der Waals surface area contributed by atoms with E-state index in [2.05, 4.69) is 110 Å².